The number of hydrogen-bond acceptors (Lipinski definition) is 1. The molecule has 0 saturated carbocycles. The molecule has 0 bridgehead atoms. The maximum Gasteiger partial charge on any atom is 0.370 e. The summed E-state index contributed by atoms with van der Waals surface area (Å²) in [5.74, 6) is 0. The molecule has 0 aliphatic carbocycles. The fourth-order valence-electron chi connectivity index (χ4n) is 0.308. The molecule has 0 saturated heterocycles. The average Bonchev–Trinajstić information content (AvgIpc) is 1.59. The first-order valence-corrected chi connectivity index (χ1v) is 8.02. The molecular formula is C4H6Cl4OSi. The molecule has 0 rings (SSSR count). The van der Waals surface area contributed by atoms with Crippen LogP contribution in [0.25, 0.3) is 0 Å². The molecule has 60 valence electrons. The minimum Gasteiger partial charge on any atom is -0.484 e. The van der Waals surface area contributed by atoms with Crippen molar-refractivity contribution in [2.45, 2.75) is 6.92 Å². The summed E-state index contributed by atoms with van der Waals surface area (Å²) < 4.78 is 4.83. The summed E-state index contributed by atoms with van der Waals surface area (Å²) in [4.78, 5) is 0. The molecule has 10 heavy (non-hydrogen) atoms. The van der Waals surface area contributed by atoms with Crippen molar-refractivity contribution in [1.82, 2.24) is 0 Å². The van der Waals surface area contributed by atoms with E-state index < -0.39 is 6.00 Å². The second kappa shape index (κ2) is 4.73. The van der Waals surface area contributed by atoms with E-state index in [1.165, 1.54) is 5.70 Å². The molecule has 0 aromatic heterocycles. The molecule has 1 nitrogen and oxygen atoms in total. The predicted molar refractivity (Wildman–Crippen MR) is 48.9 cm³/mol. The number of hydrogen-bond donors (Lipinski definition) is 0. The molecule has 0 fully saturated rings. The SMILES string of the molecule is CCO/C(Cl)=C\[Si](Cl)(Cl)Cl. The Hall–Kier alpha value is 0.917. The smallest absolute Gasteiger partial charge is 0.370 e. The zero-order chi connectivity index (χ0) is 8.20. The van der Waals surface area contributed by atoms with Gasteiger partial charge in [0.1, 0.15) is 0 Å². The van der Waals surface area contributed by atoms with Gasteiger partial charge in [0.15, 0.2) is 5.22 Å². The maximum atomic E-state index is 5.49. The number of halogens is 4. The topological polar surface area (TPSA) is 9.23 Å². The molecule has 0 aliphatic rings. The van der Waals surface area contributed by atoms with Gasteiger partial charge in [-0.2, -0.15) is 0 Å². The lowest BCUT2D eigenvalue weighted by molar-refractivity contribution is 0.256. The highest BCUT2D eigenvalue weighted by atomic mass is 35.8. The maximum absolute atomic E-state index is 5.49. The van der Waals surface area contributed by atoms with Crippen LogP contribution in [0.1, 0.15) is 6.92 Å². The standard InChI is InChI=1S/C4H6Cl4OSi/c1-2-9-4(5)3-10(6,7)8/h3H,2H2,1H3/b4-3-. The van der Waals surface area contributed by atoms with Gasteiger partial charge in [0.05, 0.1) is 6.61 Å². The van der Waals surface area contributed by atoms with Crippen LogP contribution in [0.5, 0.6) is 0 Å². The summed E-state index contributed by atoms with van der Waals surface area (Å²) in [5.41, 5.74) is 1.34. The summed E-state index contributed by atoms with van der Waals surface area (Å²) in [6.45, 7) is 2.28. The fourth-order valence-corrected chi connectivity index (χ4v) is 2.64. The zero-order valence-electron chi connectivity index (χ0n) is 5.20. The van der Waals surface area contributed by atoms with Crippen molar-refractivity contribution in [3.8, 4) is 0 Å². The fraction of sp³-hybridized carbons (Fsp3) is 0.500. The van der Waals surface area contributed by atoms with Crippen LogP contribution in [0.3, 0.4) is 0 Å². The van der Waals surface area contributed by atoms with Crippen LogP contribution in [0.2, 0.25) is 0 Å². The Kier molecular flexibility index (Phi) is 5.16. The van der Waals surface area contributed by atoms with E-state index >= 15 is 0 Å². The van der Waals surface area contributed by atoms with Gasteiger partial charge < -0.3 is 4.74 Å². The Morgan fingerprint density at radius 2 is 2.00 bits per heavy atom. The van der Waals surface area contributed by atoms with Crippen molar-refractivity contribution in [2.24, 2.45) is 0 Å². The van der Waals surface area contributed by atoms with E-state index in [4.69, 9.17) is 49.6 Å². The Bertz CT molecular complexity index is 130. The van der Waals surface area contributed by atoms with Crippen LogP contribution in [-0.2, 0) is 4.74 Å². The van der Waals surface area contributed by atoms with Crippen LogP contribution in [-0.4, -0.2) is 12.6 Å². The quantitative estimate of drug-likeness (QED) is 0.417. The van der Waals surface area contributed by atoms with Gasteiger partial charge in [0, 0.05) is 5.70 Å². The highest BCUT2D eigenvalue weighted by molar-refractivity contribution is 7.66. The molecule has 0 unspecified atom stereocenters. The largest absolute Gasteiger partial charge is 0.484 e. The van der Waals surface area contributed by atoms with Gasteiger partial charge in [-0.15, -0.1) is 33.2 Å². The number of ether oxygens (including phenoxy) is 1. The third-order valence-corrected chi connectivity index (χ3v) is 2.53. The van der Waals surface area contributed by atoms with E-state index in [0.29, 0.717) is 6.61 Å². The molecule has 0 N–H and O–H groups in total. The van der Waals surface area contributed by atoms with Crippen LogP contribution in [0.15, 0.2) is 10.9 Å². The summed E-state index contributed by atoms with van der Waals surface area (Å²) in [7, 11) is 0. The van der Waals surface area contributed by atoms with E-state index in [0.717, 1.165) is 0 Å². The van der Waals surface area contributed by atoms with Crippen LogP contribution >= 0.6 is 44.8 Å². The van der Waals surface area contributed by atoms with E-state index in [1.807, 2.05) is 0 Å². The van der Waals surface area contributed by atoms with E-state index in [-0.39, 0.29) is 5.22 Å². The predicted octanol–water partition coefficient (Wildman–Crippen LogP) is 3.30. The van der Waals surface area contributed by atoms with Gasteiger partial charge in [0.25, 0.3) is 0 Å². The van der Waals surface area contributed by atoms with E-state index in [9.17, 15) is 0 Å². The first-order chi connectivity index (χ1) is 4.45. The molecule has 0 aromatic carbocycles. The van der Waals surface area contributed by atoms with Crippen molar-refractivity contribution < 1.29 is 4.74 Å². The third kappa shape index (κ3) is 7.03. The lowest BCUT2D eigenvalue weighted by Crippen LogP contribution is -2.05. The van der Waals surface area contributed by atoms with Crippen LogP contribution in [0, 0.1) is 0 Å². The van der Waals surface area contributed by atoms with E-state index in [1.54, 1.807) is 6.92 Å². The monoisotopic (exact) mass is 238 g/mol. The Morgan fingerprint density at radius 3 is 2.30 bits per heavy atom. The summed E-state index contributed by atoms with van der Waals surface area (Å²) >= 11 is 22.0. The second-order valence-electron chi connectivity index (χ2n) is 1.42. The minimum atomic E-state index is -2.76. The van der Waals surface area contributed by atoms with Gasteiger partial charge in [-0.1, -0.05) is 0 Å². The zero-order valence-corrected chi connectivity index (χ0v) is 9.23. The van der Waals surface area contributed by atoms with Crippen molar-refractivity contribution in [1.29, 1.82) is 0 Å². The van der Waals surface area contributed by atoms with Gasteiger partial charge in [-0.3, -0.25) is 0 Å². The second-order valence-corrected chi connectivity index (χ2v) is 10.3. The highest BCUT2D eigenvalue weighted by Gasteiger charge is 2.22. The molecule has 0 spiro atoms. The average molecular weight is 240 g/mol. The molecule has 0 heterocycles. The van der Waals surface area contributed by atoms with Crippen LogP contribution in [0.4, 0.5) is 0 Å². The molecule has 0 radical (unpaired) electrons. The van der Waals surface area contributed by atoms with Gasteiger partial charge in [-0.25, -0.2) is 0 Å². The lowest BCUT2D eigenvalue weighted by atomic mass is 10.9. The molecule has 0 aliphatic heterocycles. The molecule has 0 amide bonds. The number of rotatable bonds is 3. The van der Waals surface area contributed by atoms with Crippen molar-refractivity contribution in [3.63, 3.8) is 0 Å². The first-order valence-electron chi connectivity index (χ1n) is 2.53. The molecule has 6 heteroatoms. The Labute approximate surface area is 80.0 Å². The minimum absolute atomic E-state index is 0.161. The normalized spacial score (nSPS) is 13.5. The van der Waals surface area contributed by atoms with Crippen molar-refractivity contribution >= 4 is 50.8 Å². The summed E-state index contributed by atoms with van der Waals surface area (Å²) in [6.07, 6.45) is 0. The summed E-state index contributed by atoms with van der Waals surface area (Å²) in [6, 6.07) is -2.76. The highest BCUT2D eigenvalue weighted by Crippen LogP contribution is 2.24. The van der Waals surface area contributed by atoms with Crippen molar-refractivity contribution in [3.05, 3.63) is 10.9 Å². The molecule has 0 atom stereocenters. The molecular weight excluding hydrogens is 234 g/mol. The first kappa shape index (κ1) is 10.9. The summed E-state index contributed by atoms with van der Waals surface area (Å²) in [5, 5.41) is 0.161. The van der Waals surface area contributed by atoms with E-state index in [2.05, 4.69) is 0 Å². The molecule has 0 aromatic rings. The lowest BCUT2D eigenvalue weighted by Gasteiger charge is -2.02. The van der Waals surface area contributed by atoms with Gasteiger partial charge >= 0.3 is 6.00 Å². The van der Waals surface area contributed by atoms with Crippen LogP contribution < -0.4 is 0 Å². The van der Waals surface area contributed by atoms with Crippen molar-refractivity contribution in [2.75, 3.05) is 6.61 Å². The van der Waals surface area contributed by atoms with Gasteiger partial charge in [-0.05, 0) is 18.5 Å². The Morgan fingerprint density at radius 1 is 1.50 bits per heavy atom. The Balaban J connectivity index is 3.90. The van der Waals surface area contributed by atoms with Gasteiger partial charge in [0.2, 0.25) is 0 Å². The third-order valence-electron chi connectivity index (χ3n) is 0.559.